The summed E-state index contributed by atoms with van der Waals surface area (Å²) in [6.07, 6.45) is 0.842. The third-order valence-corrected chi connectivity index (χ3v) is 7.22. The van der Waals surface area contributed by atoms with Gasteiger partial charge in [0.2, 0.25) is 15.9 Å². The second kappa shape index (κ2) is 9.05. The van der Waals surface area contributed by atoms with E-state index in [-0.39, 0.29) is 22.4 Å². The summed E-state index contributed by atoms with van der Waals surface area (Å²) in [5.74, 6) is -0.0942. The number of piperazine rings is 1. The van der Waals surface area contributed by atoms with Crippen LogP contribution in [0.15, 0.2) is 53.4 Å². The van der Waals surface area contributed by atoms with Crippen molar-refractivity contribution in [1.29, 1.82) is 0 Å². The van der Waals surface area contributed by atoms with Crippen molar-refractivity contribution < 1.29 is 13.2 Å². The molecule has 1 amide bonds. The number of benzene rings is 2. The molecular formula is C20H24ClN3O3S. The average Bonchev–Trinajstić information content (AvgIpc) is 2.69. The number of nitrogens with zero attached hydrogens (tertiary/aromatic N) is 2. The summed E-state index contributed by atoms with van der Waals surface area (Å²) in [5, 5.41) is 3.17. The molecule has 1 N–H and O–H groups in total. The van der Waals surface area contributed by atoms with E-state index >= 15 is 0 Å². The molecule has 0 aliphatic carbocycles. The maximum Gasteiger partial charge on any atom is 0.244 e. The van der Waals surface area contributed by atoms with Gasteiger partial charge in [-0.05, 0) is 30.2 Å². The van der Waals surface area contributed by atoms with Crippen LogP contribution in [-0.4, -0.2) is 56.3 Å². The second-order valence-corrected chi connectivity index (χ2v) is 8.98. The minimum atomic E-state index is -3.63. The van der Waals surface area contributed by atoms with E-state index in [1.54, 1.807) is 18.2 Å². The standard InChI is InChI=1S/C20H24ClN3O3S/c1-2-16-7-3-5-9-18(16)22-20(25)15-23-11-13-24(14-12-23)28(26,27)19-10-6-4-8-17(19)21/h3-10H,2,11-15H2,1H3,(H,22,25). The zero-order chi connectivity index (χ0) is 20.1. The number of para-hydroxylation sites is 1. The van der Waals surface area contributed by atoms with Crippen LogP contribution in [0.3, 0.4) is 0 Å². The molecule has 3 rings (SSSR count). The summed E-state index contributed by atoms with van der Waals surface area (Å²) in [6.45, 7) is 3.92. The van der Waals surface area contributed by atoms with Crippen molar-refractivity contribution in [2.45, 2.75) is 18.2 Å². The lowest BCUT2D eigenvalue weighted by molar-refractivity contribution is -0.117. The summed E-state index contributed by atoms with van der Waals surface area (Å²) >= 11 is 6.06. The highest BCUT2D eigenvalue weighted by molar-refractivity contribution is 7.89. The number of halogens is 1. The van der Waals surface area contributed by atoms with Crippen LogP contribution < -0.4 is 5.32 Å². The van der Waals surface area contributed by atoms with Crippen molar-refractivity contribution in [1.82, 2.24) is 9.21 Å². The number of carbonyl (C=O) groups excluding carboxylic acids is 1. The molecule has 8 heteroatoms. The molecule has 2 aromatic carbocycles. The number of carbonyl (C=O) groups is 1. The Morgan fingerprint density at radius 3 is 2.36 bits per heavy atom. The molecule has 1 saturated heterocycles. The van der Waals surface area contributed by atoms with Gasteiger partial charge in [0.25, 0.3) is 0 Å². The average molecular weight is 422 g/mol. The lowest BCUT2D eigenvalue weighted by Crippen LogP contribution is -2.50. The van der Waals surface area contributed by atoms with Crippen molar-refractivity contribution in [3.63, 3.8) is 0 Å². The van der Waals surface area contributed by atoms with Gasteiger partial charge in [-0.25, -0.2) is 8.42 Å². The molecule has 6 nitrogen and oxygen atoms in total. The molecule has 150 valence electrons. The van der Waals surface area contributed by atoms with E-state index in [0.29, 0.717) is 26.2 Å². The smallest absolute Gasteiger partial charge is 0.244 e. The zero-order valence-electron chi connectivity index (χ0n) is 15.8. The Hall–Kier alpha value is -1.93. The first-order valence-electron chi connectivity index (χ1n) is 9.26. The van der Waals surface area contributed by atoms with E-state index in [2.05, 4.69) is 5.32 Å². The Labute approximate surface area is 171 Å². The topological polar surface area (TPSA) is 69.7 Å². The van der Waals surface area contributed by atoms with E-state index in [4.69, 9.17) is 11.6 Å². The highest BCUT2D eigenvalue weighted by atomic mass is 35.5. The largest absolute Gasteiger partial charge is 0.325 e. The summed E-state index contributed by atoms with van der Waals surface area (Å²) in [7, 11) is -3.63. The Kier molecular flexibility index (Phi) is 6.72. The van der Waals surface area contributed by atoms with Gasteiger partial charge in [0, 0.05) is 31.9 Å². The molecule has 1 fully saturated rings. The lowest BCUT2D eigenvalue weighted by atomic mass is 10.1. The van der Waals surface area contributed by atoms with Crippen LogP contribution in [0.2, 0.25) is 5.02 Å². The van der Waals surface area contributed by atoms with Gasteiger partial charge in [-0.15, -0.1) is 0 Å². The number of rotatable bonds is 6. The summed E-state index contributed by atoms with van der Waals surface area (Å²) in [5.41, 5.74) is 1.92. The fourth-order valence-electron chi connectivity index (χ4n) is 3.26. The van der Waals surface area contributed by atoms with E-state index in [1.807, 2.05) is 36.1 Å². The van der Waals surface area contributed by atoms with E-state index in [9.17, 15) is 13.2 Å². The summed E-state index contributed by atoms with van der Waals surface area (Å²) in [6, 6.07) is 14.2. The molecular weight excluding hydrogens is 398 g/mol. The van der Waals surface area contributed by atoms with E-state index in [0.717, 1.165) is 17.7 Å². The SMILES string of the molecule is CCc1ccccc1NC(=O)CN1CCN(S(=O)(=O)c2ccccc2Cl)CC1. The van der Waals surface area contributed by atoms with Gasteiger partial charge in [0.05, 0.1) is 11.6 Å². The molecule has 0 unspecified atom stereocenters. The minimum absolute atomic E-state index is 0.0942. The number of sulfonamides is 1. The van der Waals surface area contributed by atoms with Gasteiger partial charge in [0.1, 0.15) is 4.90 Å². The summed E-state index contributed by atoms with van der Waals surface area (Å²) in [4.78, 5) is 14.5. The minimum Gasteiger partial charge on any atom is -0.325 e. The number of anilines is 1. The normalized spacial score (nSPS) is 16.1. The highest BCUT2D eigenvalue weighted by Crippen LogP contribution is 2.25. The van der Waals surface area contributed by atoms with Crippen LogP contribution in [0.5, 0.6) is 0 Å². The number of nitrogens with one attached hydrogen (secondary N) is 1. The molecule has 0 saturated carbocycles. The number of hydrogen-bond donors (Lipinski definition) is 1. The van der Waals surface area contributed by atoms with Gasteiger partial charge in [0.15, 0.2) is 0 Å². The van der Waals surface area contributed by atoms with Crippen molar-refractivity contribution in [3.8, 4) is 0 Å². The Morgan fingerprint density at radius 2 is 1.68 bits per heavy atom. The predicted molar refractivity (Wildman–Crippen MR) is 111 cm³/mol. The van der Waals surface area contributed by atoms with Gasteiger partial charge in [-0.3, -0.25) is 9.69 Å². The first-order chi connectivity index (χ1) is 13.4. The van der Waals surface area contributed by atoms with E-state index in [1.165, 1.54) is 10.4 Å². The third-order valence-electron chi connectivity index (χ3n) is 4.83. The molecule has 1 heterocycles. The maximum absolute atomic E-state index is 12.8. The van der Waals surface area contributed by atoms with Crippen LogP contribution in [0.25, 0.3) is 0 Å². The fourth-order valence-corrected chi connectivity index (χ4v) is 5.18. The molecule has 28 heavy (non-hydrogen) atoms. The first-order valence-corrected chi connectivity index (χ1v) is 11.1. The number of amides is 1. The monoisotopic (exact) mass is 421 g/mol. The maximum atomic E-state index is 12.8. The third kappa shape index (κ3) is 4.72. The zero-order valence-corrected chi connectivity index (χ0v) is 17.3. The highest BCUT2D eigenvalue weighted by Gasteiger charge is 2.30. The molecule has 0 bridgehead atoms. The van der Waals surface area contributed by atoms with Crippen LogP contribution in [0.4, 0.5) is 5.69 Å². The van der Waals surface area contributed by atoms with E-state index < -0.39 is 10.0 Å². The summed E-state index contributed by atoms with van der Waals surface area (Å²) < 4.78 is 27.0. The number of aryl methyl sites for hydroxylation is 1. The van der Waals surface area contributed by atoms with Crippen LogP contribution in [0, 0.1) is 0 Å². The first kappa shape index (κ1) is 20.8. The van der Waals surface area contributed by atoms with Crippen LogP contribution >= 0.6 is 11.6 Å². The Balaban J connectivity index is 1.57. The molecule has 0 atom stereocenters. The Morgan fingerprint density at radius 1 is 1.04 bits per heavy atom. The van der Waals surface area contributed by atoms with Crippen LogP contribution in [0.1, 0.15) is 12.5 Å². The van der Waals surface area contributed by atoms with Crippen molar-refractivity contribution in [3.05, 3.63) is 59.1 Å². The lowest BCUT2D eigenvalue weighted by Gasteiger charge is -2.33. The quantitative estimate of drug-likeness (QED) is 0.778. The Bertz CT molecular complexity index is 941. The molecule has 0 spiro atoms. The number of hydrogen-bond acceptors (Lipinski definition) is 4. The van der Waals surface area contributed by atoms with Gasteiger partial charge in [-0.1, -0.05) is 48.9 Å². The fraction of sp³-hybridized carbons (Fsp3) is 0.350. The molecule has 0 aromatic heterocycles. The van der Waals surface area contributed by atoms with Gasteiger partial charge < -0.3 is 5.32 Å². The van der Waals surface area contributed by atoms with Crippen LogP contribution in [-0.2, 0) is 21.2 Å². The molecule has 0 radical (unpaired) electrons. The molecule has 1 aliphatic rings. The molecule has 1 aliphatic heterocycles. The van der Waals surface area contributed by atoms with Crippen molar-refractivity contribution in [2.75, 3.05) is 38.0 Å². The van der Waals surface area contributed by atoms with Gasteiger partial charge in [-0.2, -0.15) is 4.31 Å². The second-order valence-electron chi connectivity index (χ2n) is 6.67. The van der Waals surface area contributed by atoms with Crippen molar-refractivity contribution in [2.24, 2.45) is 0 Å². The van der Waals surface area contributed by atoms with Crippen molar-refractivity contribution >= 4 is 33.2 Å². The molecule has 2 aromatic rings. The predicted octanol–water partition coefficient (Wildman–Crippen LogP) is 2.85. The van der Waals surface area contributed by atoms with Gasteiger partial charge >= 0.3 is 0 Å².